The number of ether oxygens (including phenoxy) is 5. The Labute approximate surface area is 298 Å². The number of aryl methyl sites for hydroxylation is 1. The van der Waals surface area contributed by atoms with Gasteiger partial charge in [0.05, 0.1) is 22.7 Å². The zero-order valence-corrected chi connectivity index (χ0v) is 29.7. The van der Waals surface area contributed by atoms with E-state index in [0.717, 1.165) is 48.0 Å². The molecule has 5 rings (SSSR count). The zero-order chi connectivity index (χ0) is 33.9. The summed E-state index contributed by atoms with van der Waals surface area (Å²) < 4.78 is 27.9. The van der Waals surface area contributed by atoms with Gasteiger partial charge < -0.3 is 33.9 Å². The number of hydrogen-bond acceptors (Lipinski definition) is 7. The van der Waals surface area contributed by atoms with Crippen LogP contribution in [0.3, 0.4) is 0 Å². The minimum Gasteiger partial charge on any atom is -0.490 e. The monoisotopic (exact) mass is 716 g/mol. The summed E-state index contributed by atoms with van der Waals surface area (Å²) in [5.74, 6) is 1.13. The van der Waals surface area contributed by atoms with Crippen LogP contribution in [0.5, 0.6) is 11.5 Å². The van der Waals surface area contributed by atoms with Gasteiger partial charge in [-0.05, 0) is 91.2 Å². The third-order valence-electron chi connectivity index (χ3n) is 8.39. The molecule has 48 heavy (non-hydrogen) atoms. The second-order valence-electron chi connectivity index (χ2n) is 11.9. The Hall–Kier alpha value is -2.82. The molecular formula is C37H43Cl3N2O6. The maximum absolute atomic E-state index is 14.6. The van der Waals surface area contributed by atoms with Gasteiger partial charge in [0.1, 0.15) is 25.8 Å². The lowest BCUT2D eigenvalue weighted by Gasteiger charge is -2.33. The summed E-state index contributed by atoms with van der Waals surface area (Å²) >= 11 is 19.1. The van der Waals surface area contributed by atoms with Crippen molar-refractivity contribution in [3.63, 3.8) is 0 Å². The van der Waals surface area contributed by atoms with Crippen molar-refractivity contribution in [2.45, 2.75) is 50.7 Å². The van der Waals surface area contributed by atoms with E-state index in [9.17, 15) is 4.79 Å². The van der Waals surface area contributed by atoms with Crippen molar-refractivity contribution in [1.82, 2.24) is 10.2 Å². The molecule has 1 heterocycles. The Morgan fingerprint density at radius 2 is 1.65 bits per heavy atom. The molecule has 258 valence electrons. The van der Waals surface area contributed by atoms with E-state index in [1.807, 2.05) is 35.2 Å². The van der Waals surface area contributed by atoms with Gasteiger partial charge in [0.15, 0.2) is 5.75 Å². The number of carbonyl (C=O) groups excluding carboxylic acids is 1. The second kappa shape index (κ2) is 18.3. The highest BCUT2D eigenvalue weighted by atomic mass is 35.5. The molecule has 11 heteroatoms. The first-order chi connectivity index (χ1) is 23.4. The third kappa shape index (κ3) is 9.88. The van der Waals surface area contributed by atoms with E-state index in [1.54, 1.807) is 32.4 Å². The molecule has 3 aromatic rings. The molecule has 8 nitrogen and oxygen atoms in total. The molecule has 3 aromatic carbocycles. The van der Waals surface area contributed by atoms with Crippen molar-refractivity contribution in [3.05, 3.63) is 98.0 Å². The molecule has 0 saturated heterocycles. The summed E-state index contributed by atoms with van der Waals surface area (Å²) in [5, 5.41) is 5.09. The largest absolute Gasteiger partial charge is 0.490 e. The predicted octanol–water partition coefficient (Wildman–Crippen LogP) is 7.61. The topological polar surface area (TPSA) is 78.5 Å². The van der Waals surface area contributed by atoms with Crippen LogP contribution in [0.4, 0.5) is 0 Å². The SMILES string of the molecule is COCCCc1ccc(Cl)c(CN(C(=O)C2=C(c3ccc(OCCOc4c(Cl)cccc4Cl)cc3)CCNC2COCOC)C2CC2)c1. The lowest BCUT2D eigenvalue weighted by atomic mass is 9.88. The highest BCUT2D eigenvalue weighted by molar-refractivity contribution is 6.37. The smallest absolute Gasteiger partial charge is 0.252 e. The van der Waals surface area contributed by atoms with Gasteiger partial charge in [-0.15, -0.1) is 0 Å². The fourth-order valence-electron chi connectivity index (χ4n) is 5.88. The van der Waals surface area contributed by atoms with Gasteiger partial charge in [-0.3, -0.25) is 4.79 Å². The fourth-order valence-corrected chi connectivity index (χ4v) is 6.56. The summed E-state index contributed by atoms with van der Waals surface area (Å²) in [7, 11) is 3.30. The Morgan fingerprint density at radius 1 is 0.896 bits per heavy atom. The maximum Gasteiger partial charge on any atom is 0.252 e. The van der Waals surface area contributed by atoms with Crippen molar-refractivity contribution in [2.75, 3.05) is 54.0 Å². The maximum atomic E-state index is 14.6. The molecule has 0 aromatic heterocycles. The van der Waals surface area contributed by atoms with Crippen LogP contribution in [-0.2, 0) is 32.0 Å². The second-order valence-corrected chi connectivity index (χ2v) is 13.1. The number of carbonyl (C=O) groups is 1. The zero-order valence-electron chi connectivity index (χ0n) is 27.4. The molecule has 1 aliphatic carbocycles. The van der Waals surface area contributed by atoms with Gasteiger partial charge in [0.2, 0.25) is 0 Å². The molecule has 0 bridgehead atoms. The first-order valence-electron chi connectivity index (χ1n) is 16.3. The van der Waals surface area contributed by atoms with Crippen LogP contribution in [-0.4, -0.2) is 76.9 Å². The van der Waals surface area contributed by atoms with Crippen LogP contribution in [0, 0.1) is 0 Å². The van der Waals surface area contributed by atoms with Crippen molar-refractivity contribution in [1.29, 1.82) is 0 Å². The van der Waals surface area contributed by atoms with E-state index in [-0.39, 0.29) is 31.4 Å². The summed E-state index contributed by atoms with van der Waals surface area (Å²) in [6.07, 6.45) is 4.44. The van der Waals surface area contributed by atoms with Gasteiger partial charge in [-0.1, -0.05) is 65.1 Å². The molecule has 1 aliphatic heterocycles. The van der Waals surface area contributed by atoms with Crippen LogP contribution in [0.15, 0.2) is 66.2 Å². The number of nitrogens with one attached hydrogen (secondary N) is 1. The van der Waals surface area contributed by atoms with Gasteiger partial charge in [-0.2, -0.15) is 0 Å². The number of rotatable bonds is 18. The van der Waals surface area contributed by atoms with Gasteiger partial charge in [0, 0.05) is 44.0 Å². The van der Waals surface area contributed by atoms with E-state index in [1.165, 1.54) is 5.56 Å². The van der Waals surface area contributed by atoms with E-state index >= 15 is 0 Å². The summed E-state index contributed by atoms with van der Waals surface area (Å²) in [5.41, 5.74) is 4.82. The van der Waals surface area contributed by atoms with Crippen molar-refractivity contribution in [3.8, 4) is 11.5 Å². The molecular weight excluding hydrogens is 675 g/mol. The summed E-state index contributed by atoms with van der Waals surface area (Å²) in [6.45, 7) is 2.89. The standard InChI is InChI=1S/C37H43Cl3N2O6/c1-44-18-4-5-25-8-15-31(38)27(21-25)22-42(28-11-12-28)37(43)35-30(16-17-41-34(35)23-46-24-45-2)26-9-13-29(14-10-26)47-19-20-48-36-32(39)6-3-7-33(36)40/h3,6-10,13-15,21,28,34,41H,4-5,11-12,16-20,22-24H2,1-2H3. The van der Waals surface area contributed by atoms with Crippen molar-refractivity contribution < 1.29 is 28.5 Å². The normalized spacial score (nSPS) is 16.2. The summed E-state index contributed by atoms with van der Waals surface area (Å²) in [4.78, 5) is 16.6. The van der Waals surface area contributed by atoms with Crippen molar-refractivity contribution >= 4 is 46.3 Å². The molecule has 1 amide bonds. The van der Waals surface area contributed by atoms with E-state index in [0.29, 0.717) is 65.9 Å². The fraction of sp³-hybridized carbons (Fsp3) is 0.432. The Balaban J connectivity index is 1.35. The minimum absolute atomic E-state index is 0.00211. The highest BCUT2D eigenvalue weighted by Crippen LogP contribution is 2.36. The average Bonchev–Trinajstić information content (AvgIpc) is 3.93. The van der Waals surface area contributed by atoms with Crippen LogP contribution in [0.2, 0.25) is 15.1 Å². The molecule has 1 saturated carbocycles. The Kier molecular flexibility index (Phi) is 13.9. The number of halogens is 3. The first kappa shape index (κ1) is 36.5. The number of amides is 1. The predicted molar refractivity (Wildman–Crippen MR) is 190 cm³/mol. The molecule has 1 unspecified atom stereocenters. The molecule has 0 radical (unpaired) electrons. The first-order valence-corrected chi connectivity index (χ1v) is 17.4. The van der Waals surface area contributed by atoms with Gasteiger partial charge in [0.25, 0.3) is 5.91 Å². The number of methoxy groups -OCH3 is 2. The number of benzene rings is 3. The quantitative estimate of drug-likeness (QED) is 0.107. The average molecular weight is 718 g/mol. The Bertz CT molecular complexity index is 1530. The summed E-state index contributed by atoms with van der Waals surface area (Å²) in [6, 6.07) is 19.1. The van der Waals surface area contributed by atoms with Crippen LogP contribution in [0.1, 0.15) is 42.4 Å². The molecule has 0 spiro atoms. The lowest BCUT2D eigenvalue weighted by Crippen LogP contribution is -2.47. The van der Waals surface area contributed by atoms with Gasteiger partial charge >= 0.3 is 0 Å². The number of nitrogens with zero attached hydrogens (tertiary/aromatic N) is 1. The number of hydrogen-bond donors (Lipinski definition) is 1. The highest BCUT2D eigenvalue weighted by Gasteiger charge is 2.38. The third-order valence-corrected chi connectivity index (χ3v) is 9.35. The van der Waals surface area contributed by atoms with Gasteiger partial charge in [-0.25, -0.2) is 0 Å². The van der Waals surface area contributed by atoms with Crippen molar-refractivity contribution in [2.24, 2.45) is 0 Å². The van der Waals surface area contributed by atoms with Crippen LogP contribution >= 0.6 is 34.8 Å². The van der Waals surface area contributed by atoms with Crippen LogP contribution < -0.4 is 14.8 Å². The lowest BCUT2D eigenvalue weighted by molar-refractivity contribution is -0.129. The number of para-hydroxylation sites is 1. The van der Waals surface area contributed by atoms with E-state index < -0.39 is 0 Å². The van der Waals surface area contributed by atoms with E-state index in [2.05, 4.69) is 17.4 Å². The molecule has 1 fully saturated rings. The van der Waals surface area contributed by atoms with Crippen LogP contribution in [0.25, 0.3) is 5.57 Å². The molecule has 1 atom stereocenters. The minimum atomic E-state index is -0.293. The molecule has 1 N–H and O–H groups in total. The Morgan fingerprint density at radius 3 is 2.35 bits per heavy atom. The molecule has 2 aliphatic rings. The van der Waals surface area contributed by atoms with E-state index in [4.69, 9.17) is 58.5 Å².